The Morgan fingerprint density at radius 1 is 1.18 bits per heavy atom. The number of phenolic OH excluding ortho intramolecular Hbond substituents is 1. The van der Waals surface area contributed by atoms with Gasteiger partial charge in [-0.05, 0) is 56.5 Å². The average molecular weight is 451 g/mol. The maximum absolute atomic E-state index is 12.7. The van der Waals surface area contributed by atoms with Crippen molar-refractivity contribution in [3.63, 3.8) is 0 Å². The van der Waals surface area contributed by atoms with Crippen LogP contribution in [-0.4, -0.2) is 75.5 Å². The van der Waals surface area contributed by atoms with Crippen LogP contribution in [0.4, 0.5) is 0 Å². The van der Waals surface area contributed by atoms with E-state index < -0.39 is 0 Å². The fourth-order valence-corrected chi connectivity index (χ4v) is 4.89. The second-order valence-electron chi connectivity index (χ2n) is 9.00. The molecule has 1 aliphatic heterocycles. The Bertz CT molecular complexity index is 943. The van der Waals surface area contributed by atoms with E-state index in [1.165, 1.54) is 0 Å². The molecule has 1 aromatic heterocycles. The number of aromatic nitrogens is 1. The molecule has 6 nitrogen and oxygen atoms in total. The van der Waals surface area contributed by atoms with Gasteiger partial charge in [-0.3, -0.25) is 19.6 Å². The van der Waals surface area contributed by atoms with E-state index in [4.69, 9.17) is 0 Å². The molecule has 1 N–H and O–H groups in total. The van der Waals surface area contributed by atoms with Crippen LogP contribution in [0.1, 0.15) is 50.4 Å². The van der Waals surface area contributed by atoms with Gasteiger partial charge in [-0.1, -0.05) is 24.3 Å². The lowest BCUT2D eigenvalue weighted by Crippen LogP contribution is -2.57. The van der Waals surface area contributed by atoms with Crippen LogP contribution in [0.5, 0.6) is 5.75 Å². The van der Waals surface area contributed by atoms with E-state index >= 15 is 0 Å². The van der Waals surface area contributed by atoms with Gasteiger partial charge in [-0.25, -0.2) is 0 Å². The molecular weight excluding hydrogens is 412 g/mol. The van der Waals surface area contributed by atoms with Crippen LogP contribution < -0.4 is 0 Å². The molecule has 6 heteroatoms. The Labute approximate surface area is 198 Å². The summed E-state index contributed by atoms with van der Waals surface area (Å²) in [5, 5.41) is 10.2. The van der Waals surface area contributed by atoms with Crippen LogP contribution in [0.2, 0.25) is 0 Å². The summed E-state index contributed by atoms with van der Waals surface area (Å²) in [6.45, 7) is 16.5. The van der Waals surface area contributed by atoms with Crippen molar-refractivity contribution < 1.29 is 9.90 Å². The second kappa shape index (κ2) is 11.4. The van der Waals surface area contributed by atoms with E-state index in [0.29, 0.717) is 31.6 Å². The van der Waals surface area contributed by atoms with Crippen LogP contribution in [0.15, 0.2) is 55.4 Å². The number of rotatable bonds is 9. The summed E-state index contributed by atoms with van der Waals surface area (Å²) in [4.78, 5) is 24.0. The van der Waals surface area contributed by atoms with Crippen LogP contribution in [-0.2, 0) is 11.2 Å². The number of amides is 1. The summed E-state index contributed by atoms with van der Waals surface area (Å²) >= 11 is 0. The Hall–Kier alpha value is -2.70. The normalized spacial score (nSPS) is 20.4. The molecule has 0 spiro atoms. The number of hydrogen-bond donors (Lipinski definition) is 1. The predicted octanol–water partition coefficient (Wildman–Crippen LogP) is 3.87. The van der Waals surface area contributed by atoms with Crippen LogP contribution in [0.25, 0.3) is 0 Å². The molecular formula is C27H38N4O2. The van der Waals surface area contributed by atoms with Crippen molar-refractivity contribution in [1.82, 2.24) is 19.7 Å². The van der Waals surface area contributed by atoms with Crippen molar-refractivity contribution in [2.24, 2.45) is 0 Å². The highest BCUT2D eigenvalue weighted by molar-refractivity contribution is 5.78. The average Bonchev–Trinajstić information content (AvgIpc) is 2.78. The number of aromatic hydroxyl groups is 1. The molecule has 178 valence electrons. The summed E-state index contributed by atoms with van der Waals surface area (Å²) in [5.41, 5.74) is 2.99. The summed E-state index contributed by atoms with van der Waals surface area (Å²) in [7, 11) is 0. The lowest BCUT2D eigenvalue weighted by Gasteiger charge is -2.47. The zero-order chi connectivity index (χ0) is 24.0. The molecule has 1 amide bonds. The summed E-state index contributed by atoms with van der Waals surface area (Å²) < 4.78 is 0. The molecule has 1 saturated heterocycles. The SMILES string of the molecule is C=CCN1C[C@@H](C)N([C@H](c2cccc(O)c2)c2cncc(CC(=O)N(CC)CC)c2)C[C@@H]1C. The fourth-order valence-electron chi connectivity index (χ4n) is 4.89. The lowest BCUT2D eigenvalue weighted by molar-refractivity contribution is -0.130. The highest BCUT2D eigenvalue weighted by Crippen LogP contribution is 2.34. The van der Waals surface area contributed by atoms with Gasteiger partial charge in [0.05, 0.1) is 12.5 Å². The summed E-state index contributed by atoms with van der Waals surface area (Å²) in [5.74, 6) is 0.372. The number of benzene rings is 1. The maximum Gasteiger partial charge on any atom is 0.227 e. The molecule has 1 aromatic carbocycles. The molecule has 2 heterocycles. The van der Waals surface area contributed by atoms with Crippen molar-refractivity contribution >= 4 is 5.91 Å². The van der Waals surface area contributed by atoms with Crippen LogP contribution in [0.3, 0.4) is 0 Å². The third kappa shape index (κ3) is 6.01. The van der Waals surface area contributed by atoms with Crippen molar-refractivity contribution in [2.75, 3.05) is 32.7 Å². The van der Waals surface area contributed by atoms with E-state index in [1.54, 1.807) is 12.3 Å². The van der Waals surface area contributed by atoms with Gasteiger partial charge in [0.15, 0.2) is 0 Å². The monoisotopic (exact) mass is 450 g/mol. The quantitative estimate of drug-likeness (QED) is 0.588. The minimum absolute atomic E-state index is 0.0589. The number of piperazine rings is 1. The van der Waals surface area contributed by atoms with Crippen molar-refractivity contribution in [3.8, 4) is 5.75 Å². The first kappa shape index (κ1) is 24.9. The highest BCUT2D eigenvalue weighted by atomic mass is 16.3. The third-order valence-corrected chi connectivity index (χ3v) is 6.65. The van der Waals surface area contributed by atoms with Gasteiger partial charge >= 0.3 is 0 Å². The highest BCUT2D eigenvalue weighted by Gasteiger charge is 2.34. The molecule has 1 fully saturated rings. The minimum atomic E-state index is -0.0589. The first-order valence-electron chi connectivity index (χ1n) is 12.0. The minimum Gasteiger partial charge on any atom is -0.508 e. The molecule has 1 aliphatic rings. The van der Waals surface area contributed by atoms with Gasteiger partial charge in [-0.2, -0.15) is 0 Å². The number of likely N-dealkylation sites (N-methyl/N-ethyl adjacent to an activating group) is 1. The second-order valence-corrected chi connectivity index (χ2v) is 9.00. The standard InChI is InChI=1S/C27H38N4O2/c1-6-12-30-18-21(5)31(19-20(30)4)27(23-10-9-11-25(32)15-23)24-13-22(16-28-17-24)14-26(33)29(7-2)8-3/h6,9-11,13,15-17,20-21,27,32H,1,7-8,12,14,18-19H2,2-5H3/t20-,21+,27+/m0/s1. The van der Waals surface area contributed by atoms with Gasteiger partial charge in [0.25, 0.3) is 0 Å². The summed E-state index contributed by atoms with van der Waals surface area (Å²) in [6, 6.07) is 10.2. The Morgan fingerprint density at radius 2 is 1.94 bits per heavy atom. The van der Waals surface area contributed by atoms with Crippen molar-refractivity contribution in [3.05, 3.63) is 72.1 Å². The van der Waals surface area contributed by atoms with E-state index in [0.717, 1.165) is 36.3 Å². The van der Waals surface area contributed by atoms with E-state index in [-0.39, 0.29) is 17.7 Å². The molecule has 0 bridgehead atoms. The van der Waals surface area contributed by atoms with Crippen LogP contribution >= 0.6 is 0 Å². The van der Waals surface area contributed by atoms with Crippen molar-refractivity contribution in [1.29, 1.82) is 0 Å². The number of phenols is 1. The number of carbonyl (C=O) groups excluding carboxylic acids is 1. The summed E-state index contributed by atoms with van der Waals surface area (Å²) in [6.07, 6.45) is 5.99. The first-order valence-corrected chi connectivity index (χ1v) is 12.0. The fraction of sp³-hybridized carbons (Fsp3) is 0.481. The molecule has 0 aliphatic carbocycles. The number of hydrogen-bond acceptors (Lipinski definition) is 5. The van der Waals surface area contributed by atoms with Gasteiger partial charge in [0.2, 0.25) is 5.91 Å². The smallest absolute Gasteiger partial charge is 0.227 e. The van der Waals surface area contributed by atoms with Gasteiger partial charge in [0.1, 0.15) is 5.75 Å². The number of carbonyl (C=O) groups is 1. The largest absolute Gasteiger partial charge is 0.508 e. The van der Waals surface area contributed by atoms with Gasteiger partial charge in [0, 0.05) is 57.2 Å². The third-order valence-electron chi connectivity index (χ3n) is 6.65. The number of pyridine rings is 1. The molecule has 2 aromatic rings. The Morgan fingerprint density at radius 3 is 2.61 bits per heavy atom. The van der Waals surface area contributed by atoms with E-state index in [2.05, 4.69) is 47.3 Å². The predicted molar refractivity (Wildman–Crippen MR) is 133 cm³/mol. The van der Waals surface area contributed by atoms with E-state index in [9.17, 15) is 9.90 Å². The molecule has 3 atom stereocenters. The molecule has 0 saturated carbocycles. The lowest BCUT2D eigenvalue weighted by atomic mass is 9.93. The molecule has 0 radical (unpaired) electrons. The molecule has 3 rings (SSSR count). The number of nitrogens with zero attached hydrogens (tertiary/aromatic N) is 4. The topological polar surface area (TPSA) is 59.9 Å². The van der Waals surface area contributed by atoms with Gasteiger partial charge in [-0.15, -0.1) is 6.58 Å². The molecule has 33 heavy (non-hydrogen) atoms. The zero-order valence-electron chi connectivity index (χ0n) is 20.4. The van der Waals surface area contributed by atoms with Crippen molar-refractivity contribution in [2.45, 2.75) is 52.2 Å². The maximum atomic E-state index is 12.7. The zero-order valence-corrected chi connectivity index (χ0v) is 20.4. The Kier molecular flexibility index (Phi) is 8.64. The molecule has 0 unspecified atom stereocenters. The first-order chi connectivity index (χ1) is 15.9. The Balaban J connectivity index is 1.96. The van der Waals surface area contributed by atoms with Gasteiger partial charge < -0.3 is 10.0 Å². The van der Waals surface area contributed by atoms with E-state index in [1.807, 2.05) is 43.2 Å². The van der Waals surface area contributed by atoms with Crippen LogP contribution in [0, 0.1) is 0 Å².